The maximum atomic E-state index is 12.5. The van der Waals surface area contributed by atoms with E-state index in [1.54, 1.807) is 24.8 Å². The fourth-order valence-electron chi connectivity index (χ4n) is 2.53. The summed E-state index contributed by atoms with van der Waals surface area (Å²) in [6, 6.07) is 4.53. The molecule has 7 nitrogen and oxygen atoms in total. The summed E-state index contributed by atoms with van der Waals surface area (Å²) in [6.45, 7) is 8.00. The number of nitrogens with one attached hydrogen (secondary N) is 1. The van der Waals surface area contributed by atoms with Crippen LogP contribution in [0.2, 0.25) is 5.02 Å². The lowest BCUT2D eigenvalue weighted by Crippen LogP contribution is -2.31. The van der Waals surface area contributed by atoms with Crippen LogP contribution in [0.15, 0.2) is 27.5 Å². The topological polar surface area (TPSA) is 92.5 Å². The average Bonchev–Trinajstić information content (AvgIpc) is 2.94. The largest absolute Gasteiger partial charge is 0.444 e. The number of aromatic nitrogens is 1. The predicted molar refractivity (Wildman–Crippen MR) is 98.7 cm³/mol. The van der Waals surface area contributed by atoms with Gasteiger partial charge in [0.1, 0.15) is 5.76 Å². The predicted octanol–water partition coefficient (Wildman–Crippen LogP) is 2.91. The van der Waals surface area contributed by atoms with Gasteiger partial charge in [-0.05, 0) is 51.5 Å². The van der Waals surface area contributed by atoms with E-state index in [4.69, 9.17) is 16.0 Å². The van der Waals surface area contributed by atoms with Crippen molar-refractivity contribution in [3.8, 4) is 0 Å². The first kappa shape index (κ1) is 20.4. The van der Waals surface area contributed by atoms with Gasteiger partial charge in [0.25, 0.3) is 5.91 Å². The Balaban J connectivity index is 2.17. The zero-order valence-electron chi connectivity index (χ0n) is 15.2. The zero-order valence-corrected chi connectivity index (χ0v) is 16.7. The van der Waals surface area contributed by atoms with Gasteiger partial charge in [-0.3, -0.25) is 4.79 Å². The van der Waals surface area contributed by atoms with Gasteiger partial charge in [0.2, 0.25) is 15.9 Å². The molecule has 0 unspecified atom stereocenters. The first-order chi connectivity index (χ1) is 12.2. The van der Waals surface area contributed by atoms with Gasteiger partial charge >= 0.3 is 0 Å². The molecule has 0 aliphatic carbocycles. The van der Waals surface area contributed by atoms with E-state index in [0.29, 0.717) is 29.4 Å². The molecule has 1 N–H and O–H groups in total. The SMILES string of the molecule is CCN(CC)C(=O)c1nc(CNS(=O)(=O)c2ccc(Cl)cc2C)oc1C. The number of carbonyl (C=O) groups is 1. The molecule has 142 valence electrons. The molecule has 0 saturated carbocycles. The van der Waals surface area contributed by atoms with Gasteiger partial charge in [0.15, 0.2) is 5.69 Å². The van der Waals surface area contributed by atoms with Crippen molar-refractivity contribution >= 4 is 27.5 Å². The van der Waals surface area contributed by atoms with E-state index >= 15 is 0 Å². The van der Waals surface area contributed by atoms with Crippen molar-refractivity contribution in [2.24, 2.45) is 0 Å². The second-order valence-corrected chi connectivity index (χ2v) is 7.90. The molecule has 0 atom stereocenters. The number of aryl methyl sites for hydroxylation is 2. The first-order valence-corrected chi connectivity index (χ1v) is 10.1. The molecular formula is C17H22ClN3O4S. The molecule has 0 radical (unpaired) electrons. The van der Waals surface area contributed by atoms with Gasteiger partial charge in [0, 0.05) is 18.1 Å². The van der Waals surface area contributed by atoms with Crippen molar-refractivity contribution in [2.45, 2.75) is 39.1 Å². The van der Waals surface area contributed by atoms with Gasteiger partial charge in [-0.2, -0.15) is 0 Å². The molecule has 1 aromatic heterocycles. The number of oxazole rings is 1. The molecule has 0 aliphatic heterocycles. The van der Waals surface area contributed by atoms with Gasteiger partial charge in [-0.25, -0.2) is 18.1 Å². The molecule has 0 bridgehead atoms. The molecule has 2 aromatic rings. The number of benzene rings is 1. The number of hydrogen-bond acceptors (Lipinski definition) is 5. The molecule has 26 heavy (non-hydrogen) atoms. The van der Waals surface area contributed by atoms with E-state index in [-0.39, 0.29) is 28.9 Å². The first-order valence-electron chi connectivity index (χ1n) is 8.21. The number of halogens is 1. The third-order valence-corrected chi connectivity index (χ3v) is 5.73. The van der Waals surface area contributed by atoms with E-state index in [0.717, 1.165) is 0 Å². The van der Waals surface area contributed by atoms with Gasteiger partial charge in [-0.15, -0.1) is 0 Å². The quantitative estimate of drug-likeness (QED) is 0.772. The second kappa shape index (κ2) is 8.20. The van der Waals surface area contributed by atoms with Crippen molar-refractivity contribution in [2.75, 3.05) is 13.1 Å². The van der Waals surface area contributed by atoms with Crippen LogP contribution in [0.3, 0.4) is 0 Å². The van der Waals surface area contributed by atoms with E-state index in [2.05, 4.69) is 9.71 Å². The Kier molecular flexibility index (Phi) is 6.44. The van der Waals surface area contributed by atoms with Crippen LogP contribution in [-0.2, 0) is 16.6 Å². The maximum Gasteiger partial charge on any atom is 0.276 e. The number of hydrogen-bond donors (Lipinski definition) is 1. The molecule has 1 amide bonds. The molecule has 0 saturated heterocycles. The smallest absolute Gasteiger partial charge is 0.276 e. The molecule has 9 heteroatoms. The molecular weight excluding hydrogens is 378 g/mol. The number of rotatable bonds is 7. The Labute approximate surface area is 158 Å². The van der Waals surface area contributed by atoms with Crippen LogP contribution in [0, 0.1) is 13.8 Å². The van der Waals surface area contributed by atoms with E-state index in [9.17, 15) is 13.2 Å². The van der Waals surface area contributed by atoms with Gasteiger partial charge in [-0.1, -0.05) is 11.6 Å². The van der Waals surface area contributed by atoms with E-state index < -0.39 is 10.0 Å². The molecule has 1 aromatic carbocycles. The summed E-state index contributed by atoms with van der Waals surface area (Å²) in [5, 5.41) is 0.462. The lowest BCUT2D eigenvalue weighted by Gasteiger charge is -2.16. The van der Waals surface area contributed by atoms with Crippen molar-refractivity contribution < 1.29 is 17.6 Å². The minimum absolute atomic E-state index is 0.129. The van der Waals surface area contributed by atoms with Crippen LogP contribution >= 0.6 is 11.6 Å². The maximum absolute atomic E-state index is 12.5. The van der Waals surface area contributed by atoms with Crippen molar-refractivity contribution in [3.63, 3.8) is 0 Å². The number of sulfonamides is 1. The molecule has 0 spiro atoms. The third kappa shape index (κ3) is 4.44. The molecule has 0 fully saturated rings. The van der Waals surface area contributed by atoms with Crippen LogP contribution in [0.4, 0.5) is 0 Å². The second-order valence-electron chi connectivity index (χ2n) is 5.72. The van der Waals surface area contributed by atoms with Gasteiger partial charge < -0.3 is 9.32 Å². The summed E-state index contributed by atoms with van der Waals surface area (Å²) >= 11 is 5.86. The Morgan fingerprint density at radius 1 is 1.27 bits per heavy atom. The van der Waals surface area contributed by atoms with E-state index in [1.807, 2.05) is 13.8 Å². The van der Waals surface area contributed by atoms with Gasteiger partial charge in [0.05, 0.1) is 11.4 Å². The third-order valence-electron chi connectivity index (χ3n) is 3.93. The minimum Gasteiger partial charge on any atom is -0.444 e. The Morgan fingerprint density at radius 3 is 2.50 bits per heavy atom. The Morgan fingerprint density at radius 2 is 1.92 bits per heavy atom. The van der Waals surface area contributed by atoms with Crippen molar-refractivity contribution in [1.82, 2.24) is 14.6 Å². The summed E-state index contributed by atoms with van der Waals surface area (Å²) < 4.78 is 32.8. The summed E-state index contributed by atoms with van der Waals surface area (Å²) in [7, 11) is -3.76. The summed E-state index contributed by atoms with van der Waals surface area (Å²) in [6.07, 6.45) is 0. The molecule has 1 heterocycles. The number of nitrogens with zero attached hydrogens (tertiary/aromatic N) is 2. The van der Waals surface area contributed by atoms with Crippen LogP contribution in [-0.4, -0.2) is 37.3 Å². The minimum atomic E-state index is -3.76. The lowest BCUT2D eigenvalue weighted by atomic mass is 10.2. The van der Waals surface area contributed by atoms with Crippen LogP contribution in [0.5, 0.6) is 0 Å². The fourth-order valence-corrected chi connectivity index (χ4v) is 3.96. The van der Waals surface area contributed by atoms with E-state index in [1.165, 1.54) is 12.1 Å². The summed E-state index contributed by atoms with van der Waals surface area (Å²) in [5.74, 6) is 0.255. The number of carbonyl (C=O) groups excluding carboxylic acids is 1. The lowest BCUT2D eigenvalue weighted by molar-refractivity contribution is 0.0766. The average molecular weight is 400 g/mol. The fraction of sp³-hybridized carbons (Fsp3) is 0.412. The molecule has 0 aliphatic rings. The van der Waals surface area contributed by atoms with Crippen LogP contribution < -0.4 is 4.72 Å². The van der Waals surface area contributed by atoms with Crippen molar-refractivity contribution in [3.05, 3.63) is 46.1 Å². The highest BCUT2D eigenvalue weighted by molar-refractivity contribution is 7.89. The Hall–Kier alpha value is -1.90. The monoisotopic (exact) mass is 399 g/mol. The number of amides is 1. The van der Waals surface area contributed by atoms with Crippen LogP contribution in [0.25, 0.3) is 0 Å². The van der Waals surface area contributed by atoms with Crippen LogP contribution in [0.1, 0.15) is 41.6 Å². The molecule has 2 rings (SSSR count). The normalized spacial score (nSPS) is 11.6. The highest BCUT2D eigenvalue weighted by atomic mass is 35.5. The Bertz CT molecular complexity index is 905. The summed E-state index contributed by atoms with van der Waals surface area (Å²) in [4.78, 5) is 18.3. The summed E-state index contributed by atoms with van der Waals surface area (Å²) in [5.41, 5.74) is 0.733. The highest BCUT2D eigenvalue weighted by Gasteiger charge is 2.23. The zero-order chi connectivity index (χ0) is 19.5. The standard InChI is InChI=1S/C17H22ClN3O4S/c1-5-21(6-2)17(22)16-12(4)25-15(20-16)10-19-26(23,24)14-8-7-13(18)9-11(14)3/h7-9,19H,5-6,10H2,1-4H3. The highest BCUT2D eigenvalue weighted by Crippen LogP contribution is 2.20. The van der Waals surface area contributed by atoms with Crippen molar-refractivity contribution in [1.29, 1.82) is 0 Å².